The zero-order chi connectivity index (χ0) is 18.3. The lowest BCUT2D eigenvalue weighted by Crippen LogP contribution is -2.23. The Balaban J connectivity index is 1.82. The van der Waals surface area contributed by atoms with Gasteiger partial charge in [0.1, 0.15) is 11.4 Å². The SMILES string of the molecule is CC(C)(C)OC(=O)CCCc1ccc(Oc2cc(CN)ccn2)cc1. The first-order chi connectivity index (χ1) is 11.9. The fourth-order valence-electron chi connectivity index (χ4n) is 2.31. The number of aryl methyl sites for hydroxylation is 1. The fourth-order valence-corrected chi connectivity index (χ4v) is 2.31. The van der Waals surface area contributed by atoms with E-state index in [0.717, 1.165) is 29.7 Å². The third kappa shape index (κ3) is 6.93. The molecule has 0 amide bonds. The zero-order valence-electron chi connectivity index (χ0n) is 15.1. The van der Waals surface area contributed by atoms with Gasteiger partial charge in [-0.1, -0.05) is 12.1 Å². The average Bonchev–Trinajstić information content (AvgIpc) is 2.55. The molecule has 0 aliphatic rings. The summed E-state index contributed by atoms with van der Waals surface area (Å²) in [5.74, 6) is 1.09. The molecule has 0 bridgehead atoms. The molecule has 134 valence electrons. The molecule has 0 unspecified atom stereocenters. The molecule has 0 aliphatic heterocycles. The Morgan fingerprint density at radius 3 is 2.48 bits per heavy atom. The van der Waals surface area contributed by atoms with Gasteiger partial charge in [-0.25, -0.2) is 4.98 Å². The molecule has 2 N–H and O–H groups in total. The van der Waals surface area contributed by atoms with E-state index in [2.05, 4.69) is 4.98 Å². The summed E-state index contributed by atoms with van der Waals surface area (Å²) in [5, 5.41) is 0. The Morgan fingerprint density at radius 2 is 1.84 bits per heavy atom. The highest BCUT2D eigenvalue weighted by Crippen LogP contribution is 2.21. The Labute approximate surface area is 149 Å². The van der Waals surface area contributed by atoms with Crippen LogP contribution >= 0.6 is 0 Å². The number of hydrogen-bond acceptors (Lipinski definition) is 5. The predicted octanol–water partition coefficient (Wildman–Crippen LogP) is 4.00. The van der Waals surface area contributed by atoms with Crippen molar-refractivity contribution >= 4 is 5.97 Å². The van der Waals surface area contributed by atoms with E-state index < -0.39 is 5.60 Å². The van der Waals surface area contributed by atoms with E-state index in [-0.39, 0.29) is 5.97 Å². The molecule has 0 aliphatic carbocycles. The number of rotatable bonds is 7. The van der Waals surface area contributed by atoms with Crippen LogP contribution in [0.2, 0.25) is 0 Å². The highest BCUT2D eigenvalue weighted by atomic mass is 16.6. The van der Waals surface area contributed by atoms with E-state index in [1.807, 2.05) is 57.2 Å². The number of nitrogens with zero attached hydrogens (tertiary/aromatic N) is 1. The average molecular weight is 342 g/mol. The third-order valence-electron chi connectivity index (χ3n) is 3.45. The minimum Gasteiger partial charge on any atom is -0.460 e. The van der Waals surface area contributed by atoms with Crippen LogP contribution in [0.1, 0.15) is 44.7 Å². The number of pyridine rings is 1. The zero-order valence-corrected chi connectivity index (χ0v) is 15.1. The minimum atomic E-state index is -0.425. The molecule has 2 rings (SSSR count). The highest BCUT2D eigenvalue weighted by Gasteiger charge is 2.15. The number of nitrogens with two attached hydrogens (primary N) is 1. The van der Waals surface area contributed by atoms with Crippen molar-refractivity contribution in [2.45, 2.75) is 52.2 Å². The van der Waals surface area contributed by atoms with Crippen molar-refractivity contribution in [2.75, 3.05) is 0 Å². The van der Waals surface area contributed by atoms with Crippen LogP contribution < -0.4 is 10.5 Å². The number of aromatic nitrogens is 1. The van der Waals surface area contributed by atoms with Gasteiger partial charge in [0.15, 0.2) is 0 Å². The van der Waals surface area contributed by atoms with E-state index in [0.29, 0.717) is 18.8 Å². The van der Waals surface area contributed by atoms with Gasteiger partial charge in [-0.2, -0.15) is 0 Å². The first-order valence-corrected chi connectivity index (χ1v) is 8.49. The number of carbonyl (C=O) groups excluding carboxylic acids is 1. The van der Waals surface area contributed by atoms with E-state index in [1.165, 1.54) is 0 Å². The molecular weight excluding hydrogens is 316 g/mol. The Hall–Kier alpha value is -2.40. The lowest BCUT2D eigenvalue weighted by Gasteiger charge is -2.19. The monoisotopic (exact) mass is 342 g/mol. The van der Waals surface area contributed by atoms with Crippen LogP contribution in [0.4, 0.5) is 0 Å². The smallest absolute Gasteiger partial charge is 0.306 e. The van der Waals surface area contributed by atoms with Crippen molar-refractivity contribution in [1.29, 1.82) is 0 Å². The number of esters is 1. The summed E-state index contributed by atoms with van der Waals surface area (Å²) in [6, 6.07) is 11.5. The Bertz CT molecular complexity index is 691. The van der Waals surface area contributed by atoms with E-state index in [4.69, 9.17) is 15.2 Å². The largest absolute Gasteiger partial charge is 0.460 e. The van der Waals surface area contributed by atoms with Crippen LogP contribution in [-0.2, 0) is 22.5 Å². The molecule has 0 saturated heterocycles. The molecule has 0 fully saturated rings. The Kier molecular flexibility index (Phi) is 6.53. The van der Waals surface area contributed by atoms with E-state index in [1.54, 1.807) is 6.20 Å². The number of ether oxygens (including phenoxy) is 2. The van der Waals surface area contributed by atoms with Crippen LogP contribution in [0.5, 0.6) is 11.6 Å². The molecular formula is C20H26N2O3. The summed E-state index contributed by atoms with van der Waals surface area (Å²) >= 11 is 0. The summed E-state index contributed by atoms with van der Waals surface area (Å²) < 4.78 is 11.0. The molecule has 5 nitrogen and oxygen atoms in total. The van der Waals surface area contributed by atoms with Gasteiger partial charge in [-0.3, -0.25) is 4.79 Å². The summed E-state index contributed by atoms with van der Waals surface area (Å²) in [7, 11) is 0. The van der Waals surface area contributed by atoms with Crippen LogP contribution in [0.25, 0.3) is 0 Å². The van der Waals surface area contributed by atoms with Crippen molar-refractivity contribution in [3.05, 3.63) is 53.7 Å². The van der Waals surface area contributed by atoms with Crippen molar-refractivity contribution < 1.29 is 14.3 Å². The van der Waals surface area contributed by atoms with Crippen LogP contribution in [0.3, 0.4) is 0 Å². The molecule has 5 heteroatoms. The molecule has 0 atom stereocenters. The van der Waals surface area contributed by atoms with Gasteiger partial charge in [-0.15, -0.1) is 0 Å². The maximum absolute atomic E-state index is 11.7. The van der Waals surface area contributed by atoms with Gasteiger partial charge in [-0.05, 0) is 62.9 Å². The van der Waals surface area contributed by atoms with E-state index >= 15 is 0 Å². The first-order valence-electron chi connectivity index (χ1n) is 8.49. The molecule has 0 radical (unpaired) electrons. The third-order valence-corrected chi connectivity index (χ3v) is 3.45. The topological polar surface area (TPSA) is 74.4 Å². The molecule has 1 heterocycles. The summed E-state index contributed by atoms with van der Waals surface area (Å²) in [4.78, 5) is 15.9. The van der Waals surface area contributed by atoms with Crippen molar-refractivity contribution in [3.63, 3.8) is 0 Å². The molecule has 0 saturated carbocycles. The summed E-state index contributed by atoms with van der Waals surface area (Å²) in [5.41, 5.74) is 7.32. The lowest BCUT2D eigenvalue weighted by molar-refractivity contribution is -0.154. The molecule has 1 aromatic carbocycles. The second-order valence-electron chi connectivity index (χ2n) is 6.89. The maximum atomic E-state index is 11.7. The second kappa shape index (κ2) is 8.62. The molecule has 25 heavy (non-hydrogen) atoms. The number of hydrogen-bond donors (Lipinski definition) is 1. The van der Waals surface area contributed by atoms with Crippen LogP contribution in [0, 0.1) is 0 Å². The quantitative estimate of drug-likeness (QED) is 0.770. The Morgan fingerprint density at radius 1 is 1.12 bits per heavy atom. The van der Waals surface area contributed by atoms with Gasteiger partial charge in [0.05, 0.1) is 0 Å². The second-order valence-corrected chi connectivity index (χ2v) is 6.89. The lowest BCUT2D eigenvalue weighted by atomic mass is 10.1. The minimum absolute atomic E-state index is 0.154. The predicted molar refractivity (Wildman–Crippen MR) is 97.4 cm³/mol. The van der Waals surface area contributed by atoms with Gasteiger partial charge < -0.3 is 15.2 Å². The standard InChI is InChI=1S/C20H26N2O3/c1-20(2,3)25-19(23)6-4-5-15-7-9-17(10-8-15)24-18-13-16(14-21)11-12-22-18/h7-13H,4-6,14,21H2,1-3H3. The van der Waals surface area contributed by atoms with Crippen molar-refractivity contribution in [3.8, 4) is 11.6 Å². The highest BCUT2D eigenvalue weighted by molar-refractivity contribution is 5.69. The van der Waals surface area contributed by atoms with Gasteiger partial charge in [0.2, 0.25) is 5.88 Å². The van der Waals surface area contributed by atoms with Gasteiger partial charge >= 0.3 is 5.97 Å². The number of benzene rings is 1. The fraction of sp³-hybridized carbons (Fsp3) is 0.400. The first kappa shape index (κ1) is 18.9. The van der Waals surface area contributed by atoms with Gasteiger partial charge in [0.25, 0.3) is 0 Å². The molecule has 0 spiro atoms. The molecule has 2 aromatic rings. The summed E-state index contributed by atoms with van der Waals surface area (Å²) in [6.07, 6.45) is 3.68. The summed E-state index contributed by atoms with van der Waals surface area (Å²) in [6.45, 7) is 6.08. The maximum Gasteiger partial charge on any atom is 0.306 e. The van der Waals surface area contributed by atoms with Crippen molar-refractivity contribution in [2.24, 2.45) is 5.73 Å². The van der Waals surface area contributed by atoms with Crippen LogP contribution in [0.15, 0.2) is 42.6 Å². The number of carbonyl (C=O) groups is 1. The van der Waals surface area contributed by atoms with E-state index in [9.17, 15) is 4.79 Å². The normalized spacial score (nSPS) is 11.2. The van der Waals surface area contributed by atoms with Gasteiger partial charge in [0, 0.05) is 25.2 Å². The van der Waals surface area contributed by atoms with Crippen molar-refractivity contribution in [1.82, 2.24) is 4.98 Å². The molecule has 1 aromatic heterocycles. The van der Waals surface area contributed by atoms with Crippen LogP contribution in [-0.4, -0.2) is 16.6 Å².